The number of carbonyl (C=O) groups excluding carboxylic acids is 1. The Balaban J connectivity index is 2.12. The monoisotopic (exact) mass is 323 g/mol. The summed E-state index contributed by atoms with van der Waals surface area (Å²) < 4.78 is 38.6. The molecule has 0 bridgehead atoms. The van der Waals surface area contributed by atoms with Crippen molar-refractivity contribution in [3.8, 4) is 0 Å². The molecule has 2 rings (SSSR count). The molecule has 4 nitrogen and oxygen atoms in total. The van der Waals surface area contributed by atoms with E-state index in [4.69, 9.17) is 5.73 Å². The van der Waals surface area contributed by atoms with Gasteiger partial charge in [0.1, 0.15) is 0 Å². The van der Waals surface area contributed by atoms with E-state index in [2.05, 4.69) is 10.6 Å². The summed E-state index contributed by atoms with van der Waals surface area (Å²) in [4.78, 5) is 11.9. The largest absolute Gasteiger partial charge is 0.416 e. The van der Waals surface area contributed by atoms with Gasteiger partial charge in [0, 0.05) is 17.1 Å². The number of urea groups is 1. The predicted molar refractivity (Wildman–Crippen MR) is 84.4 cm³/mol. The molecule has 0 aliphatic carbocycles. The highest BCUT2D eigenvalue weighted by molar-refractivity contribution is 6.00. The molecule has 122 valence electrons. The zero-order valence-electron chi connectivity index (χ0n) is 12.6. The molecule has 2 aromatic carbocycles. The first kappa shape index (κ1) is 16.7. The summed E-state index contributed by atoms with van der Waals surface area (Å²) in [5.74, 6) is 0. The van der Waals surface area contributed by atoms with Crippen LogP contribution in [0.5, 0.6) is 0 Å². The number of nitrogens with two attached hydrogens (primary N) is 1. The summed E-state index contributed by atoms with van der Waals surface area (Å²) in [7, 11) is 0. The van der Waals surface area contributed by atoms with Crippen molar-refractivity contribution in [2.45, 2.75) is 20.0 Å². The van der Waals surface area contributed by atoms with E-state index in [0.29, 0.717) is 11.4 Å². The van der Waals surface area contributed by atoms with Gasteiger partial charge in [0.15, 0.2) is 0 Å². The molecule has 2 amide bonds. The number of hydrogen-bond acceptors (Lipinski definition) is 2. The lowest BCUT2D eigenvalue weighted by Gasteiger charge is -2.13. The summed E-state index contributed by atoms with van der Waals surface area (Å²) in [6.07, 6.45) is -4.47. The van der Waals surface area contributed by atoms with E-state index in [1.807, 2.05) is 6.92 Å². The number of halogens is 3. The minimum atomic E-state index is -4.47. The van der Waals surface area contributed by atoms with Crippen LogP contribution in [0.25, 0.3) is 0 Å². The fourth-order valence-electron chi connectivity index (χ4n) is 2.02. The Morgan fingerprint density at radius 3 is 2.00 bits per heavy atom. The van der Waals surface area contributed by atoms with Crippen LogP contribution in [-0.2, 0) is 6.18 Å². The van der Waals surface area contributed by atoms with E-state index >= 15 is 0 Å². The highest BCUT2D eigenvalue weighted by Gasteiger charge is 2.32. The second-order valence-electron chi connectivity index (χ2n) is 5.18. The van der Waals surface area contributed by atoms with E-state index in [9.17, 15) is 18.0 Å². The molecular weight excluding hydrogens is 307 g/mol. The molecule has 0 saturated heterocycles. The molecule has 0 saturated carbocycles. The number of anilines is 3. The van der Waals surface area contributed by atoms with Crippen molar-refractivity contribution in [2.24, 2.45) is 0 Å². The summed E-state index contributed by atoms with van der Waals surface area (Å²) in [5.41, 5.74) is 6.93. The van der Waals surface area contributed by atoms with E-state index in [0.717, 1.165) is 11.6 Å². The van der Waals surface area contributed by atoms with Gasteiger partial charge in [-0.25, -0.2) is 4.79 Å². The molecule has 7 heteroatoms. The second-order valence-corrected chi connectivity index (χ2v) is 5.18. The third-order valence-corrected chi connectivity index (χ3v) is 3.34. The standard InChI is InChI=1S/C16H16F3N3O/c1-9-3-5-11(7-13(9)16(17,18)19)21-15(23)22-12-6-4-10(2)14(20)8-12/h3-8H,20H2,1-2H3,(H2,21,22,23). The Hall–Kier alpha value is -2.70. The van der Waals surface area contributed by atoms with E-state index in [1.54, 1.807) is 18.2 Å². The number of carbonyl (C=O) groups is 1. The van der Waals surface area contributed by atoms with Crippen LogP contribution < -0.4 is 16.4 Å². The van der Waals surface area contributed by atoms with Crippen LogP contribution in [0.3, 0.4) is 0 Å². The number of benzene rings is 2. The third kappa shape index (κ3) is 4.15. The van der Waals surface area contributed by atoms with Crippen molar-refractivity contribution in [1.29, 1.82) is 0 Å². The van der Waals surface area contributed by atoms with Crippen LogP contribution >= 0.6 is 0 Å². The molecule has 0 spiro atoms. The highest BCUT2D eigenvalue weighted by atomic mass is 19.4. The highest BCUT2D eigenvalue weighted by Crippen LogP contribution is 2.33. The minimum absolute atomic E-state index is 0.0560. The van der Waals surface area contributed by atoms with Gasteiger partial charge in [0.2, 0.25) is 0 Å². The van der Waals surface area contributed by atoms with Crippen molar-refractivity contribution < 1.29 is 18.0 Å². The van der Waals surface area contributed by atoms with Crippen LogP contribution in [0.4, 0.5) is 35.0 Å². The van der Waals surface area contributed by atoms with Gasteiger partial charge >= 0.3 is 12.2 Å². The van der Waals surface area contributed by atoms with Crippen LogP contribution in [0.1, 0.15) is 16.7 Å². The molecule has 0 aliphatic heterocycles. The molecule has 0 aromatic heterocycles. The molecule has 0 unspecified atom stereocenters. The smallest absolute Gasteiger partial charge is 0.398 e. The normalized spacial score (nSPS) is 11.2. The van der Waals surface area contributed by atoms with Crippen LogP contribution in [-0.4, -0.2) is 6.03 Å². The molecule has 4 N–H and O–H groups in total. The molecule has 0 heterocycles. The first-order chi connectivity index (χ1) is 10.7. The predicted octanol–water partition coefficient (Wildman–Crippen LogP) is 4.55. The Morgan fingerprint density at radius 1 is 0.957 bits per heavy atom. The molecular formula is C16H16F3N3O. The fraction of sp³-hybridized carbons (Fsp3) is 0.188. The summed E-state index contributed by atoms with van der Waals surface area (Å²) in [6.45, 7) is 3.19. The molecule has 0 atom stereocenters. The number of hydrogen-bond donors (Lipinski definition) is 3. The Labute approximate surface area is 131 Å². The van der Waals surface area contributed by atoms with Crippen molar-refractivity contribution in [1.82, 2.24) is 0 Å². The van der Waals surface area contributed by atoms with Gasteiger partial charge < -0.3 is 16.4 Å². The minimum Gasteiger partial charge on any atom is -0.398 e. The fourth-order valence-corrected chi connectivity index (χ4v) is 2.02. The van der Waals surface area contributed by atoms with Crippen LogP contribution in [0.2, 0.25) is 0 Å². The number of aryl methyl sites for hydroxylation is 2. The molecule has 0 fully saturated rings. The van der Waals surface area contributed by atoms with E-state index in [-0.39, 0.29) is 11.3 Å². The lowest BCUT2D eigenvalue weighted by molar-refractivity contribution is -0.138. The summed E-state index contributed by atoms with van der Waals surface area (Å²) >= 11 is 0. The Morgan fingerprint density at radius 2 is 1.48 bits per heavy atom. The Bertz CT molecular complexity index is 742. The van der Waals surface area contributed by atoms with Crippen molar-refractivity contribution in [3.05, 3.63) is 53.1 Å². The topological polar surface area (TPSA) is 67.2 Å². The van der Waals surface area contributed by atoms with Crippen LogP contribution in [0, 0.1) is 13.8 Å². The van der Waals surface area contributed by atoms with Crippen LogP contribution in [0.15, 0.2) is 36.4 Å². The number of amides is 2. The second kappa shape index (κ2) is 6.20. The Kier molecular flexibility index (Phi) is 4.49. The van der Waals surface area contributed by atoms with E-state index < -0.39 is 17.8 Å². The number of rotatable bonds is 2. The average molecular weight is 323 g/mol. The van der Waals surface area contributed by atoms with E-state index in [1.165, 1.54) is 19.1 Å². The SMILES string of the molecule is Cc1ccc(NC(=O)Nc2ccc(C)c(C(F)(F)F)c2)cc1N. The first-order valence-corrected chi connectivity index (χ1v) is 6.79. The molecule has 0 aliphatic rings. The number of alkyl halides is 3. The summed E-state index contributed by atoms with van der Waals surface area (Å²) in [5, 5.41) is 4.89. The zero-order valence-corrected chi connectivity index (χ0v) is 12.6. The zero-order chi connectivity index (χ0) is 17.2. The van der Waals surface area contributed by atoms with Gasteiger partial charge in [-0.1, -0.05) is 12.1 Å². The van der Waals surface area contributed by atoms with Crippen molar-refractivity contribution >= 4 is 23.1 Å². The lowest BCUT2D eigenvalue weighted by atomic mass is 10.1. The summed E-state index contributed by atoms with van der Waals surface area (Å²) in [6, 6.07) is 7.94. The average Bonchev–Trinajstić information content (AvgIpc) is 2.44. The quantitative estimate of drug-likeness (QED) is 0.710. The molecule has 2 aromatic rings. The first-order valence-electron chi connectivity index (χ1n) is 6.79. The third-order valence-electron chi connectivity index (χ3n) is 3.34. The van der Waals surface area contributed by atoms with Gasteiger partial charge in [0.25, 0.3) is 0 Å². The lowest BCUT2D eigenvalue weighted by Crippen LogP contribution is -2.20. The van der Waals surface area contributed by atoms with Gasteiger partial charge in [-0.2, -0.15) is 13.2 Å². The van der Waals surface area contributed by atoms with Crippen molar-refractivity contribution in [3.63, 3.8) is 0 Å². The van der Waals surface area contributed by atoms with Gasteiger partial charge in [-0.05, 0) is 49.2 Å². The van der Waals surface area contributed by atoms with Gasteiger partial charge in [0.05, 0.1) is 5.56 Å². The van der Waals surface area contributed by atoms with Crippen molar-refractivity contribution in [2.75, 3.05) is 16.4 Å². The maximum absolute atomic E-state index is 12.9. The number of nitrogen functional groups attached to an aromatic ring is 1. The van der Waals surface area contributed by atoms with Gasteiger partial charge in [-0.3, -0.25) is 0 Å². The maximum atomic E-state index is 12.9. The molecule has 23 heavy (non-hydrogen) atoms. The molecule has 0 radical (unpaired) electrons. The maximum Gasteiger partial charge on any atom is 0.416 e. The van der Waals surface area contributed by atoms with Gasteiger partial charge in [-0.15, -0.1) is 0 Å². The number of nitrogens with one attached hydrogen (secondary N) is 2.